The monoisotopic (exact) mass is 200 g/mol. The van der Waals surface area contributed by atoms with Gasteiger partial charge < -0.3 is 10.6 Å². The Morgan fingerprint density at radius 1 is 1.29 bits per heavy atom. The van der Waals surface area contributed by atoms with Crippen molar-refractivity contribution >= 4 is 5.91 Å². The molecule has 0 aliphatic rings. The predicted molar refractivity (Wildman–Crippen MR) is 60.0 cm³/mol. The van der Waals surface area contributed by atoms with Crippen LogP contribution < -0.4 is 5.73 Å². The van der Waals surface area contributed by atoms with E-state index in [4.69, 9.17) is 5.73 Å². The van der Waals surface area contributed by atoms with Crippen LogP contribution in [-0.4, -0.2) is 29.4 Å². The molecule has 0 bridgehead atoms. The van der Waals surface area contributed by atoms with Crippen LogP contribution in [0.5, 0.6) is 0 Å². The summed E-state index contributed by atoms with van der Waals surface area (Å²) in [7, 11) is 0. The number of nitrogens with two attached hydrogens (primary N) is 1. The maximum atomic E-state index is 11.7. The number of unbranched alkanes of at least 4 members (excludes halogenated alkanes) is 2. The van der Waals surface area contributed by atoms with E-state index in [1.54, 1.807) is 6.92 Å². The lowest BCUT2D eigenvalue weighted by Crippen LogP contribution is -2.46. The fourth-order valence-electron chi connectivity index (χ4n) is 1.42. The second-order valence-electron chi connectivity index (χ2n) is 4.12. The van der Waals surface area contributed by atoms with Crippen LogP contribution in [0.2, 0.25) is 0 Å². The number of hydrogen-bond acceptors (Lipinski definition) is 2. The second kappa shape index (κ2) is 6.82. The van der Waals surface area contributed by atoms with E-state index in [-0.39, 0.29) is 18.0 Å². The zero-order valence-electron chi connectivity index (χ0n) is 9.92. The van der Waals surface area contributed by atoms with Crippen LogP contribution in [0, 0.1) is 0 Å². The van der Waals surface area contributed by atoms with Crippen LogP contribution in [0.1, 0.15) is 47.0 Å². The van der Waals surface area contributed by atoms with Crippen LogP contribution >= 0.6 is 0 Å². The summed E-state index contributed by atoms with van der Waals surface area (Å²) < 4.78 is 0. The highest BCUT2D eigenvalue weighted by Gasteiger charge is 2.19. The Hall–Kier alpha value is -0.570. The largest absolute Gasteiger partial charge is 0.339 e. The Labute approximate surface area is 87.6 Å². The second-order valence-corrected chi connectivity index (χ2v) is 4.12. The molecular formula is C11H24N2O. The minimum atomic E-state index is -0.376. The first-order chi connectivity index (χ1) is 6.50. The maximum absolute atomic E-state index is 11.7. The lowest BCUT2D eigenvalue weighted by atomic mass is 10.2. The van der Waals surface area contributed by atoms with Crippen molar-refractivity contribution in [3.05, 3.63) is 0 Å². The molecule has 14 heavy (non-hydrogen) atoms. The molecule has 0 fully saturated rings. The van der Waals surface area contributed by atoms with Crippen molar-refractivity contribution in [3.8, 4) is 0 Å². The number of nitrogens with zero attached hydrogens (tertiary/aromatic N) is 1. The number of carbonyl (C=O) groups is 1. The number of hydrogen-bond donors (Lipinski definition) is 1. The Morgan fingerprint density at radius 2 is 1.86 bits per heavy atom. The summed E-state index contributed by atoms with van der Waals surface area (Å²) in [6.45, 7) is 8.81. The van der Waals surface area contributed by atoms with E-state index in [1.165, 1.54) is 12.8 Å². The molecule has 0 saturated carbocycles. The van der Waals surface area contributed by atoms with Gasteiger partial charge in [-0.05, 0) is 27.2 Å². The zero-order valence-corrected chi connectivity index (χ0v) is 9.92. The van der Waals surface area contributed by atoms with Gasteiger partial charge in [-0.25, -0.2) is 0 Å². The predicted octanol–water partition coefficient (Wildman–Crippen LogP) is 1.76. The van der Waals surface area contributed by atoms with Gasteiger partial charge in [-0.15, -0.1) is 0 Å². The fourth-order valence-corrected chi connectivity index (χ4v) is 1.42. The molecule has 0 saturated heterocycles. The molecule has 1 atom stereocenters. The molecule has 0 heterocycles. The Balaban J connectivity index is 4.09. The summed E-state index contributed by atoms with van der Waals surface area (Å²) in [6.07, 6.45) is 3.43. The molecule has 3 heteroatoms. The van der Waals surface area contributed by atoms with Gasteiger partial charge in [-0.2, -0.15) is 0 Å². The zero-order chi connectivity index (χ0) is 11.1. The third-order valence-corrected chi connectivity index (χ3v) is 2.30. The van der Waals surface area contributed by atoms with Crippen LogP contribution in [0.4, 0.5) is 0 Å². The highest BCUT2D eigenvalue weighted by molar-refractivity contribution is 5.81. The Morgan fingerprint density at radius 3 is 2.21 bits per heavy atom. The van der Waals surface area contributed by atoms with Crippen molar-refractivity contribution in [1.29, 1.82) is 0 Å². The molecule has 0 aliphatic carbocycles. The third-order valence-electron chi connectivity index (χ3n) is 2.30. The van der Waals surface area contributed by atoms with Crippen molar-refractivity contribution < 1.29 is 4.79 Å². The van der Waals surface area contributed by atoms with E-state index < -0.39 is 0 Å². The molecule has 0 aromatic heterocycles. The average molecular weight is 200 g/mol. The molecular weight excluding hydrogens is 176 g/mol. The first-order valence-electron chi connectivity index (χ1n) is 5.56. The fraction of sp³-hybridized carbons (Fsp3) is 0.909. The van der Waals surface area contributed by atoms with Crippen LogP contribution in [0.25, 0.3) is 0 Å². The quantitative estimate of drug-likeness (QED) is 0.664. The molecule has 0 aliphatic heterocycles. The molecule has 1 unspecified atom stereocenters. The lowest BCUT2D eigenvalue weighted by Gasteiger charge is -2.28. The molecule has 0 rings (SSSR count). The van der Waals surface area contributed by atoms with Crippen molar-refractivity contribution in [2.45, 2.75) is 59.0 Å². The van der Waals surface area contributed by atoms with Crippen molar-refractivity contribution in [1.82, 2.24) is 4.90 Å². The minimum Gasteiger partial charge on any atom is -0.339 e. The van der Waals surface area contributed by atoms with Gasteiger partial charge in [0.1, 0.15) is 0 Å². The van der Waals surface area contributed by atoms with Gasteiger partial charge in [0.25, 0.3) is 0 Å². The standard InChI is InChI=1S/C11H24N2O/c1-5-6-7-8-13(9(2)3)11(14)10(4)12/h9-10H,5-8,12H2,1-4H3. The Bertz CT molecular complexity index is 167. The van der Waals surface area contributed by atoms with Crippen molar-refractivity contribution in [2.75, 3.05) is 6.54 Å². The molecule has 0 radical (unpaired) electrons. The molecule has 1 amide bonds. The van der Waals surface area contributed by atoms with Gasteiger partial charge in [0.15, 0.2) is 0 Å². The summed E-state index contributed by atoms with van der Waals surface area (Å²) in [5.41, 5.74) is 5.59. The SMILES string of the molecule is CCCCCN(C(=O)C(C)N)C(C)C. The normalized spacial score (nSPS) is 13.0. The molecule has 84 valence electrons. The van der Waals surface area contributed by atoms with Gasteiger partial charge in [0.2, 0.25) is 5.91 Å². The van der Waals surface area contributed by atoms with E-state index >= 15 is 0 Å². The van der Waals surface area contributed by atoms with Gasteiger partial charge in [-0.3, -0.25) is 4.79 Å². The highest BCUT2D eigenvalue weighted by Crippen LogP contribution is 2.05. The average Bonchev–Trinajstić information content (AvgIpc) is 2.10. The van der Waals surface area contributed by atoms with Crippen molar-refractivity contribution in [3.63, 3.8) is 0 Å². The molecule has 0 aromatic rings. The molecule has 2 N–H and O–H groups in total. The number of carbonyl (C=O) groups excluding carboxylic acids is 1. The molecule has 3 nitrogen and oxygen atoms in total. The van der Waals surface area contributed by atoms with E-state index in [0.29, 0.717) is 0 Å². The summed E-state index contributed by atoms with van der Waals surface area (Å²) in [6, 6.07) is -0.121. The highest BCUT2D eigenvalue weighted by atomic mass is 16.2. The van der Waals surface area contributed by atoms with Gasteiger partial charge in [0.05, 0.1) is 6.04 Å². The first kappa shape index (κ1) is 13.4. The topological polar surface area (TPSA) is 46.3 Å². The van der Waals surface area contributed by atoms with E-state index in [2.05, 4.69) is 6.92 Å². The molecule has 0 aromatic carbocycles. The first-order valence-corrected chi connectivity index (χ1v) is 5.56. The van der Waals surface area contributed by atoms with E-state index in [1.807, 2.05) is 18.7 Å². The van der Waals surface area contributed by atoms with Crippen LogP contribution in [0.15, 0.2) is 0 Å². The van der Waals surface area contributed by atoms with E-state index in [9.17, 15) is 4.79 Å². The summed E-state index contributed by atoms with van der Waals surface area (Å²) >= 11 is 0. The van der Waals surface area contributed by atoms with Gasteiger partial charge in [0, 0.05) is 12.6 Å². The lowest BCUT2D eigenvalue weighted by molar-refractivity contribution is -0.133. The molecule has 0 spiro atoms. The van der Waals surface area contributed by atoms with Gasteiger partial charge >= 0.3 is 0 Å². The summed E-state index contributed by atoms with van der Waals surface area (Å²) in [4.78, 5) is 13.6. The Kier molecular flexibility index (Phi) is 6.54. The minimum absolute atomic E-state index is 0.0658. The van der Waals surface area contributed by atoms with Crippen molar-refractivity contribution in [2.24, 2.45) is 5.73 Å². The van der Waals surface area contributed by atoms with Crippen LogP contribution in [-0.2, 0) is 4.79 Å². The van der Waals surface area contributed by atoms with E-state index in [0.717, 1.165) is 13.0 Å². The maximum Gasteiger partial charge on any atom is 0.239 e. The summed E-state index contributed by atoms with van der Waals surface area (Å²) in [5, 5.41) is 0. The number of rotatable bonds is 6. The summed E-state index contributed by atoms with van der Waals surface area (Å²) in [5.74, 6) is 0.0658. The third kappa shape index (κ3) is 4.61. The number of amides is 1. The van der Waals surface area contributed by atoms with Gasteiger partial charge in [-0.1, -0.05) is 19.8 Å². The van der Waals surface area contributed by atoms with Crippen LogP contribution in [0.3, 0.4) is 0 Å². The smallest absolute Gasteiger partial charge is 0.239 e.